The molecule has 0 amide bonds. The molecular weight excluding hydrogens is 336 g/mol. The molecule has 1 atom stereocenters. The first-order valence-electron chi connectivity index (χ1n) is 9.98. The zero-order valence-electron chi connectivity index (χ0n) is 16.8. The van der Waals surface area contributed by atoms with Crippen molar-refractivity contribution in [3.05, 3.63) is 70.3 Å². The molecule has 2 aromatic rings. The molecular formula is C24H32O3. The van der Waals surface area contributed by atoms with Crippen LogP contribution < -0.4 is 0 Å². The number of hydrogen-bond acceptors (Lipinski definition) is 2. The van der Waals surface area contributed by atoms with Crippen LogP contribution in [0.3, 0.4) is 0 Å². The molecule has 0 radical (unpaired) electrons. The van der Waals surface area contributed by atoms with Crippen molar-refractivity contribution in [3.8, 4) is 0 Å². The van der Waals surface area contributed by atoms with Gasteiger partial charge in [-0.25, -0.2) is 4.79 Å². The molecule has 0 aliphatic rings. The minimum Gasteiger partial charge on any atom is -0.450 e. The van der Waals surface area contributed by atoms with E-state index in [1.165, 1.54) is 40.7 Å². The van der Waals surface area contributed by atoms with E-state index in [-0.39, 0.29) is 0 Å². The quantitative estimate of drug-likeness (QED) is 0.371. The summed E-state index contributed by atoms with van der Waals surface area (Å²) in [5.74, 6) is 0.431. The van der Waals surface area contributed by atoms with Crippen LogP contribution in [-0.2, 0) is 4.74 Å². The molecule has 0 aromatic heterocycles. The lowest BCUT2D eigenvalue weighted by atomic mass is 9.82. The molecule has 0 heterocycles. The summed E-state index contributed by atoms with van der Waals surface area (Å²) in [5, 5.41) is 8.47. The summed E-state index contributed by atoms with van der Waals surface area (Å²) in [6.45, 7) is 6.95. The number of benzene rings is 2. The SMILES string of the molecule is Cc1ccc(C(CCCCCCCOC(=O)O)c2ccccc2)c(C)c1C. The van der Waals surface area contributed by atoms with Gasteiger partial charge in [0.2, 0.25) is 0 Å². The molecule has 2 rings (SSSR count). The van der Waals surface area contributed by atoms with Crippen LogP contribution in [-0.4, -0.2) is 17.9 Å². The molecule has 1 unspecified atom stereocenters. The smallest absolute Gasteiger partial charge is 0.450 e. The summed E-state index contributed by atoms with van der Waals surface area (Å²) < 4.78 is 4.55. The van der Waals surface area contributed by atoms with Gasteiger partial charge in [0.05, 0.1) is 6.61 Å². The molecule has 0 saturated heterocycles. The summed E-state index contributed by atoms with van der Waals surface area (Å²) in [6.07, 6.45) is 5.25. The Balaban J connectivity index is 1.95. The topological polar surface area (TPSA) is 46.5 Å². The highest BCUT2D eigenvalue weighted by atomic mass is 16.7. The minimum absolute atomic E-state index is 0.309. The van der Waals surface area contributed by atoms with Gasteiger partial charge in [-0.05, 0) is 61.4 Å². The molecule has 0 saturated carbocycles. The minimum atomic E-state index is -1.18. The monoisotopic (exact) mass is 368 g/mol. The molecule has 0 fully saturated rings. The van der Waals surface area contributed by atoms with Gasteiger partial charge in [0.15, 0.2) is 0 Å². The molecule has 0 aliphatic carbocycles. The lowest BCUT2D eigenvalue weighted by molar-refractivity contribution is 0.0899. The normalized spacial score (nSPS) is 12.0. The largest absolute Gasteiger partial charge is 0.505 e. The average molecular weight is 369 g/mol. The van der Waals surface area contributed by atoms with Crippen LogP contribution in [0.1, 0.15) is 72.3 Å². The van der Waals surface area contributed by atoms with Crippen LogP contribution in [0.2, 0.25) is 0 Å². The summed E-state index contributed by atoms with van der Waals surface area (Å²) in [6, 6.07) is 15.4. The van der Waals surface area contributed by atoms with Crippen molar-refractivity contribution < 1.29 is 14.6 Å². The molecule has 3 heteroatoms. The van der Waals surface area contributed by atoms with Crippen molar-refractivity contribution in [2.24, 2.45) is 0 Å². The summed E-state index contributed by atoms with van der Waals surface area (Å²) >= 11 is 0. The maximum Gasteiger partial charge on any atom is 0.505 e. The van der Waals surface area contributed by atoms with Crippen LogP contribution in [0.15, 0.2) is 42.5 Å². The lowest BCUT2D eigenvalue weighted by Gasteiger charge is -2.22. The third-order valence-corrected chi connectivity index (χ3v) is 5.54. The van der Waals surface area contributed by atoms with Crippen LogP contribution in [0.4, 0.5) is 4.79 Å². The Hall–Kier alpha value is -2.29. The highest BCUT2D eigenvalue weighted by molar-refractivity contribution is 5.56. The van der Waals surface area contributed by atoms with E-state index in [2.05, 4.69) is 68.0 Å². The first kappa shape index (κ1) is 21.0. The molecule has 3 nitrogen and oxygen atoms in total. The number of unbranched alkanes of at least 4 members (excludes halogenated alkanes) is 4. The van der Waals surface area contributed by atoms with Crippen molar-refractivity contribution in [3.63, 3.8) is 0 Å². The number of rotatable bonds is 10. The zero-order valence-corrected chi connectivity index (χ0v) is 16.8. The van der Waals surface area contributed by atoms with Gasteiger partial charge in [0.1, 0.15) is 0 Å². The van der Waals surface area contributed by atoms with E-state index in [1.54, 1.807) is 0 Å². The van der Waals surface area contributed by atoms with Gasteiger partial charge in [-0.2, -0.15) is 0 Å². The Kier molecular flexibility index (Phi) is 8.38. The third kappa shape index (κ3) is 6.42. The fourth-order valence-electron chi connectivity index (χ4n) is 3.68. The van der Waals surface area contributed by atoms with Crippen LogP contribution in [0, 0.1) is 20.8 Å². The highest BCUT2D eigenvalue weighted by Crippen LogP contribution is 2.34. The van der Waals surface area contributed by atoms with E-state index >= 15 is 0 Å². The van der Waals surface area contributed by atoms with Gasteiger partial charge in [0, 0.05) is 5.92 Å². The number of carbonyl (C=O) groups is 1. The van der Waals surface area contributed by atoms with Gasteiger partial charge in [-0.3, -0.25) is 0 Å². The average Bonchev–Trinajstić information content (AvgIpc) is 2.66. The van der Waals surface area contributed by atoms with Gasteiger partial charge in [-0.1, -0.05) is 68.1 Å². The fourth-order valence-corrected chi connectivity index (χ4v) is 3.68. The number of hydrogen-bond donors (Lipinski definition) is 1. The molecule has 1 N–H and O–H groups in total. The molecule has 0 spiro atoms. The summed E-state index contributed by atoms with van der Waals surface area (Å²) in [4.78, 5) is 10.3. The number of aryl methyl sites for hydroxylation is 1. The van der Waals surface area contributed by atoms with Crippen molar-refractivity contribution in [2.75, 3.05) is 6.61 Å². The zero-order chi connectivity index (χ0) is 19.6. The maximum atomic E-state index is 10.3. The second-order valence-corrected chi connectivity index (χ2v) is 7.36. The fraction of sp³-hybridized carbons (Fsp3) is 0.458. The van der Waals surface area contributed by atoms with Gasteiger partial charge in [0.25, 0.3) is 0 Å². The van der Waals surface area contributed by atoms with Crippen LogP contribution in [0.5, 0.6) is 0 Å². The molecule has 2 aromatic carbocycles. The second kappa shape index (κ2) is 10.8. The van der Waals surface area contributed by atoms with Crippen molar-refractivity contribution >= 4 is 6.16 Å². The van der Waals surface area contributed by atoms with E-state index in [0.717, 1.165) is 25.7 Å². The first-order valence-corrected chi connectivity index (χ1v) is 9.98. The van der Waals surface area contributed by atoms with Gasteiger partial charge >= 0.3 is 6.16 Å². The third-order valence-electron chi connectivity index (χ3n) is 5.54. The number of ether oxygens (including phenoxy) is 1. The molecule has 0 bridgehead atoms. The van der Waals surface area contributed by atoms with Crippen molar-refractivity contribution in [1.29, 1.82) is 0 Å². The van der Waals surface area contributed by atoms with Crippen molar-refractivity contribution in [2.45, 2.75) is 65.2 Å². The highest BCUT2D eigenvalue weighted by Gasteiger charge is 2.17. The lowest BCUT2D eigenvalue weighted by Crippen LogP contribution is -2.05. The van der Waals surface area contributed by atoms with Crippen LogP contribution in [0.25, 0.3) is 0 Å². The Bertz CT molecular complexity index is 722. The Morgan fingerprint density at radius 3 is 2.26 bits per heavy atom. The summed E-state index contributed by atoms with van der Waals surface area (Å²) in [5.41, 5.74) is 6.99. The Morgan fingerprint density at radius 2 is 1.56 bits per heavy atom. The van der Waals surface area contributed by atoms with E-state index in [1.807, 2.05) is 0 Å². The predicted molar refractivity (Wildman–Crippen MR) is 111 cm³/mol. The Labute approximate surface area is 163 Å². The molecule has 27 heavy (non-hydrogen) atoms. The standard InChI is InChI=1S/C24H32O3/c1-18-15-16-22(20(3)19(18)2)23(21-12-8-7-9-13-21)14-10-5-4-6-11-17-27-24(25)26/h7-9,12-13,15-16,23H,4-6,10-11,14,17H2,1-3H3,(H,25,26). The summed E-state index contributed by atoms with van der Waals surface area (Å²) in [7, 11) is 0. The number of carboxylic acid groups (broad SMARTS) is 1. The van der Waals surface area contributed by atoms with E-state index in [4.69, 9.17) is 5.11 Å². The first-order chi connectivity index (χ1) is 13.0. The van der Waals surface area contributed by atoms with Gasteiger partial charge < -0.3 is 9.84 Å². The van der Waals surface area contributed by atoms with E-state index < -0.39 is 6.16 Å². The van der Waals surface area contributed by atoms with E-state index in [0.29, 0.717) is 12.5 Å². The second-order valence-electron chi connectivity index (χ2n) is 7.36. The van der Waals surface area contributed by atoms with Crippen molar-refractivity contribution in [1.82, 2.24) is 0 Å². The van der Waals surface area contributed by atoms with E-state index in [9.17, 15) is 4.79 Å². The molecule has 146 valence electrons. The Morgan fingerprint density at radius 1 is 0.889 bits per heavy atom. The predicted octanol–water partition coefficient (Wildman–Crippen LogP) is 6.78. The van der Waals surface area contributed by atoms with Gasteiger partial charge in [-0.15, -0.1) is 0 Å². The van der Waals surface area contributed by atoms with Crippen LogP contribution >= 0.6 is 0 Å². The maximum absolute atomic E-state index is 10.3. The molecule has 0 aliphatic heterocycles.